The first-order valence-electron chi connectivity index (χ1n) is 8.28. The maximum atomic E-state index is 12.3. The third kappa shape index (κ3) is 3.82. The van der Waals surface area contributed by atoms with Gasteiger partial charge in [-0.25, -0.2) is 9.97 Å². The molecule has 0 spiro atoms. The minimum absolute atomic E-state index is 0.165. The normalized spacial score (nSPS) is 10.9. The summed E-state index contributed by atoms with van der Waals surface area (Å²) in [5.74, 6) is 0.0445. The number of halogens is 1. The summed E-state index contributed by atoms with van der Waals surface area (Å²) in [7, 11) is 0. The highest BCUT2D eigenvalue weighted by atomic mass is 35.5. The SMILES string of the molecule is O=C(CSc1nc2ccccc2n1-c1ccccc1)Nc1cccnc1Cl. The molecule has 2 heterocycles. The molecule has 0 bridgehead atoms. The lowest BCUT2D eigenvalue weighted by Gasteiger charge is -2.09. The van der Waals surface area contributed by atoms with E-state index in [-0.39, 0.29) is 16.8 Å². The predicted molar refractivity (Wildman–Crippen MR) is 110 cm³/mol. The first-order valence-corrected chi connectivity index (χ1v) is 9.65. The molecule has 2 aromatic carbocycles. The molecule has 0 aliphatic heterocycles. The Morgan fingerprint density at radius 2 is 1.81 bits per heavy atom. The van der Waals surface area contributed by atoms with E-state index in [0.717, 1.165) is 21.9 Å². The van der Waals surface area contributed by atoms with Crippen LogP contribution in [0.15, 0.2) is 78.1 Å². The number of imidazole rings is 1. The molecular formula is C20H15ClN4OS. The predicted octanol–water partition coefficient (Wildman–Crippen LogP) is 4.80. The molecule has 0 fully saturated rings. The quantitative estimate of drug-likeness (QED) is 0.390. The van der Waals surface area contributed by atoms with Crippen LogP contribution < -0.4 is 5.32 Å². The topological polar surface area (TPSA) is 59.8 Å². The second-order valence-electron chi connectivity index (χ2n) is 5.73. The van der Waals surface area contributed by atoms with Crippen LogP contribution in [0.4, 0.5) is 5.69 Å². The molecule has 1 amide bonds. The molecule has 0 unspecified atom stereocenters. The van der Waals surface area contributed by atoms with Crippen molar-refractivity contribution in [3.05, 3.63) is 78.1 Å². The number of anilines is 1. The zero-order valence-corrected chi connectivity index (χ0v) is 15.7. The van der Waals surface area contributed by atoms with Crippen molar-refractivity contribution in [1.29, 1.82) is 0 Å². The van der Waals surface area contributed by atoms with Crippen LogP contribution in [-0.4, -0.2) is 26.2 Å². The number of pyridine rings is 1. The van der Waals surface area contributed by atoms with Crippen LogP contribution in [-0.2, 0) is 4.79 Å². The number of thioether (sulfide) groups is 1. The number of hydrogen-bond donors (Lipinski definition) is 1. The van der Waals surface area contributed by atoms with Crippen LogP contribution in [0.1, 0.15) is 0 Å². The molecule has 1 N–H and O–H groups in total. The number of hydrogen-bond acceptors (Lipinski definition) is 4. The van der Waals surface area contributed by atoms with Gasteiger partial charge in [0.15, 0.2) is 10.3 Å². The van der Waals surface area contributed by atoms with Crippen molar-refractivity contribution in [2.24, 2.45) is 0 Å². The van der Waals surface area contributed by atoms with Gasteiger partial charge in [-0.15, -0.1) is 0 Å². The minimum atomic E-state index is -0.165. The third-order valence-corrected chi connectivity index (χ3v) is 5.15. The Morgan fingerprint density at radius 3 is 2.63 bits per heavy atom. The molecular weight excluding hydrogens is 380 g/mol. The Kier molecular flexibility index (Phi) is 5.09. The Labute approximate surface area is 165 Å². The van der Waals surface area contributed by atoms with Gasteiger partial charge in [-0.1, -0.05) is 53.7 Å². The first-order chi connectivity index (χ1) is 13.2. The second kappa shape index (κ2) is 7.82. The summed E-state index contributed by atoms with van der Waals surface area (Å²) in [6.45, 7) is 0. The molecule has 0 saturated heterocycles. The Bertz CT molecular complexity index is 1100. The van der Waals surface area contributed by atoms with Gasteiger partial charge in [0.25, 0.3) is 0 Å². The second-order valence-corrected chi connectivity index (χ2v) is 7.03. The van der Waals surface area contributed by atoms with E-state index in [4.69, 9.17) is 16.6 Å². The standard InChI is InChI=1S/C20H15ClN4OS/c21-19-16(10-6-12-22-19)23-18(26)13-27-20-24-15-9-4-5-11-17(15)25(20)14-7-2-1-3-8-14/h1-12H,13H2,(H,23,26). The highest BCUT2D eigenvalue weighted by Gasteiger charge is 2.14. The monoisotopic (exact) mass is 394 g/mol. The lowest BCUT2D eigenvalue weighted by atomic mass is 10.3. The summed E-state index contributed by atoms with van der Waals surface area (Å²) in [4.78, 5) is 21.0. The molecule has 0 radical (unpaired) electrons. The molecule has 134 valence electrons. The van der Waals surface area contributed by atoms with Crippen molar-refractivity contribution in [3.63, 3.8) is 0 Å². The lowest BCUT2D eigenvalue weighted by molar-refractivity contribution is -0.113. The van der Waals surface area contributed by atoms with Crippen LogP contribution in [0.3, 0.4) is 0 Å². The van der Waals surface area contributed by atoms with Crippen molar-refractivity contribution in [1.82, 2.24) is 14.5 Å². The van der Waals surface area contributed by atoms with Gasteiger partial charge in [0.05, 0.1) is 22.5 Å². The molecule has 2 aromatic heterocycles. The number of carbonyl (C=O) groups excluding carboxylic acids is 1. The summed E-state index contributed by atoms with van der Waals surface area (Å²) in [6.07, 6.45) is 1.58. The summed E-state index contributed by atoms with van der Waals surface area (Å²) >= 11 is 7.37. The molecule has 27 heavy (non-hydrogen) atoms. The van der Waals surface area contributed by atoms with Crippen LogP contribution in [0, 0.1) is 0 Å². The zero-order valence-electron chi connectivity index (χ0n) is 14.2. The van der Waals surface area contributed by atoms with Gasteiger partial charge in [-0.05, 0) is 36.4 Å². The van der Waals surface area contributed by atoms with Crippen LogP contribution in [0.25, 0.3) is 16.7 Å². The Hall–Kier alpha value is -2.83. The largest absolute Gasteiger partial charge is 0.323 e. The first kappa shape index (κ1) is 17.6. The molecule has 4 rings (SSSR count). The molecule has 0 aliphatic rings. The van der Waals surface area contributed by atoms with Gasteiger partial charge in [-0.3, -0.25) is 9.36 Å². The highest BCUT2D eigenvalue weighted by Crippen LogP contribution is 2.28. The average molecular weight is 395 g/mol. The number of nitrogens with one attached hydrogen (secondary N) is 1. The van der Waals surface area contributed by atoms with Gasteiger partial charge < -0.3 is 5.32 Å². The smallest absolute Gasteiger partial charge is 0.234 e. The van der Waals surface area contributed by atoms with Crippen molar-refractivity contribution < 1.29 is 4.79 Å². The maximum Gasteiger partial charge on any atom is 0.234 e. The number of carbonyl (C=O) groups is 1. The Morgan fingerprint density at radius 1 is 1.04 bits per heavy atom. The van der Waals surface area contributed by atoms with E-state index in [1.807, 2.05) is 54.6 Å². The molecule has 7 heteroatoms. The number of rotatable bonds is 5. The molecule has 5 nitrogen and oxygen atoms in total. The van der Waals surface area contributed by atoms with Gasteiger partial charge in [0, 0.05) is 11.9 Å². The average Bonchev–Trinajstić information content (AvgIpc) is 3.07. The van der Waals surface area contributed by atoms with Crippen molar-refractivity contribution >= 4 is 46.0 Å². The Balaban J connectivity index is 1.59. The number of para-hydroxylation sites is 3. The lowest BCUT2D eigenvalue weighted by Crippen LogP contribution is -2.15. The minimum Gasteiger partial charge on any atom is -0.323 e. The zero-order chi connectivity index (χ0) is 18.6. The fourth-order valence-electron chi connectivity index (χ4n) is 2.72. The number of amides is 1. The summed E-state index contributed by atoms with van der Waals surface area (Å²) < 4.78 is 2.06. The van der Waals surface area contributed by atoms with Crippen molar-refractivity contribution in [2.75, 3.05) is 11.1 Å². The maximum absolute atomic E-state index is 12.3. The van der Waals surface area contributed by atoms with E-state index < -0.39 is 0 Å². The van der Waals surface area contributed by atoms with Crippen LogP contribution in [0.5, 0.6) is 0 Å². The van der Waals surface area contributed by atoms with E-state index in [2.05, 4.69) is 14.9 Å². The van der Waals surface area contributed by atoms with E-state index in [9.17, 15) is 4.79 Å². The molecule has 0 atom stereocenters. The summed E-state index contributed by atoms with van der Waals surface area (Å²) in [6, 6.07) is 21.3. The molecule has 0 aliphatic carbocycles. The van der Waals surface area contributed by atoms with Gasteiger partial charge >= 0.3 is 0 Å². The highest BCUT2D eigenvalue weighted by molar-refractivity contribution is 7.99. The fraction of sp³-hybridized carbons (Fsp3) is 0.0500. The van der Waals surface area contributed by atoms with Crippen molar-refractivity contribution in [2.45, 2.75) is 5.16 Å². The van der Waals surface area contributed by atoms with Gasteiger partial charge in [0.1, 0.15) is 0 Å². The van der Waals surface area contributed by atoms with Crippen LogP contribution >= 0.6 is 23.4 Å². The number of fused-ring (bicyclic) bond motifs is 1. The molecule has 0 saturated carbocycles. The number of nitrogens with zero attached hydrogens (tertiary/aromatic N) is 3. The summed E-state index contributed by atoms with van der Waals surface area (Å²) in [5.41, 5.74) is 3.40. The number of benzene rings is 2. The van der Waals surface area contributed by atoms with E-state index in [0.29, 0.717) is 5.69 Å². The van der Waals surface area contributed by atoms with Crippen LogP contribution in [0.2, 0.25) is 5.15 Å². The third-order valence-electron chi connectivity index (χ3n) is 3.91. The fourth-order valence-corrected chi connectivity index (χ4v) is 3.72. The van der Waals surface area contributed by atoms with E-state index >= 15 is 0 Å². The number of aromatic nitrogens is 3. The van der Waals surface area contributed by atoms with E-state index in [1.165, 1.54) is 11.8 Å². The molecule has 4 aromatic rings. The van der Waals surface area contributed by atoms with Gasteiger partial charge in [-0.2, -0.15) is 0 Å². The van der Waals surface area contributed by atoms with Gasteiger partial charge in [0.2, 0.25) is 5.91 Å². The summed E-state index contributed by atoms with van der Waals surface area (Å²) in [5, 5.41) is 3.81. The van der Waals surface area contributed by atoms with E-state index in [1.54, 1.807) is 18.3 Å². The van der Waals surface area contributed by atoms with Crippen molar-refractivity contribution in [3.8, 4) is 5.69 Å².